The van der Waals surface area contributed by atoms with E-state index in [0.29, 0.717) is 23.9 Å². The molecule has 0 unspecified atom stereocenters. The molecule has 5 nitrogen and oxygen atoms in total. The average molecular weight is 924 g/mol. The number of nitrogens with two attached hydrogens (primary N) is 1. The lowest BCUT2D eigenvalue weighted by atomic mass is 9.55. The molecule has 1 aromatic heterocycles. The van der Waals surface area contributed by atoms with Crippen LogP contribution in [0.15, 0.2) is 255 Å². The molecule has 3 saturated carbocycles. The zero-order valence-corrected chi connectivity index (χ0v) is 40.2. The van der Waals surface area contributed by atoms with E-state index >= 15 is 0 Å². The van der Waals surface area contributed by atoms with Crippen LogP contribution >= 0.6 is 0 Å². The minimum absolute atomic E-state index is 0.0966. The standard InChI is InChI=1S/C66H61N5/c67-61-59(58(50-25-9-1-10-26-50)41-48-68-64-45-42-63(43-46-64,44-47-64)51-27-11-2-12-28-51)49-60(70-65(52-29-13-3-14-30-52,53-31-15-4-16-32-53)54-33-17-5-18-34-54)69-62(61)71-66(55-35-19-6-20-36-55,56-37-21-7-22-38-56)57-39-23-8-24-40-57/h1-41,49,68H,42-48,67H2,(H2,69,70,71)/b58-41-. The summed E-state index contributed by atoms with van der Waals surface area (Å²) in [7, 11) is 0. The van der Waals surface area contributed by atoms with Gasteiger partial charge in [0.25, 0.3) is 0 Å². The maximum atomic E-state index is 7.76. The van der Waals surface area contributed by atoms with E-state index in [1.807, 2.05) is 0 Å². The molecule has 1 heterocycles. The lowest BCUT2D eigenvalue weighted by Crippen LogP contribution is -2.56. The van der Waals surface area contributed by atoms with E-state index in [1.165, 1.54) is 24.8 Å². The molecule has 0 amide bonds. The molecule has 0 saturated heterocycles. The highest BCUT2D eigenvalue weighted by atomic mass is 15.1. The number of rotatable bonds is 16. The van der Waals surface area contributed by atoms with Gasteiger partial charge in [0, 0.05) is 17.6 Å². The second kappa shape index (κ2) is 19.8. The molecule has 5 N–H and O–H groups in total. The Morgan fingerprint density at radius 2 is 0.803 bits per heavy atom. The Bertz CT molecular complexity index is 2960. The predicted octanol–water partition coefficient (Wildman–Crippen LogP) is 14.5. The van der Waals surface area contributed by atoms with Crippen molar-refractivity contribution < 1.29 is 0 Å². The molecule has 0 aliphatic heterocycles. The molecule has 9 aromatic rings. The van der Waals surface area contributed by atoms with Crippen LogP contribution in [0.5, 0.6) is 0 Å². The molecule has 3 fully saturated rings. The minimum Gasteiger partial charge on any atom is -0.395 e. The third-order valence-electron chi connectivity index (χ3n) is 15.7. The van der Waals surface area contributed by atoms with Gasteiger partial charge in [0.2, 0.25) is 0 Å². The third kappa shape index (κ3) is 8.72. The van der Waals surface area contributed by atoms with E-state index in [9.17, 15) is 0 Å². The highest BCUT2D eigenvalue weighted by Crippen LogP contribution is 2.54. The summed E-state index contributed by atoms with van der Waals surface area (Å²) in [6.45, 7) is 0.694. The lowest BCUT2D eigenvalue weighted by molar-refractivity contribution is 0.0802. The molecule has 0 radical (unpaired) electrons. The van der Waals surface area contributed by atoms with E-state index in [1.54, 1.807) is 0 Å². The first kappa shape index (κ1) is 45.5. The molecular weight excluding hydrogens is 863 g/mol. The first-order chi connectivity index (χ1) is 35.0. The predicted molar refractivity (Wildman–Crippen MR) is 294 cm³/mol. The van der Waals surface area contributed by atoms with E-state index < -0.39 is 11.1 Å². The van der Waals surface area contributed by atoms with Gasteiger partial charge in [0.1, 0.15) is 16.9 Å². The minimum atomic E-state index is -0.898. The van der Waals surface area contributed by atoms with Crippen molar-refractivity contribution in [2.24, 2.45) is 0 Å². The molecule has 3 aliphatic rings. The fraction of sp³-hybridized carbons (Fsp3) is 0.167. The average Bonchev–Trinajstić information content (AvgIpc) is 3.46. The third-order valence-corrected chi connectivity index (χ3v) is 15.7. The highest BCUT2D eigenvalue weighted by molar-refractivity contribution is 5.91. The number of benzene rings is 8. The van der Waals surface area contributed by atoms with Gasteiger partial charge in [-0.3, -0.25) is 0 Å². The number of fused-ring (bicyclic) bond motifs is 3. The van der Waals surface area contributed by atoms with E-state index in [-0.39, 0.29) is 11.0 Å². The summed E-state index contributed by atoms with van der Waals surface area (Å²) < 4.78 is 0. The summed E-state index contributed by atoms with van der Waals surface area (Å²) in [4.78, 5) is 5.66. The van der Waals surface area contributed by atoms with Crippen molar-refractivity contribution in [2.75, 3.05) is 22.9 Å². The van der Waals surface area contributed by atoms with Crippen LogP contribution in [0.3, 0.4) is 0 Å². The van der Waals surface area contributed by atoms with Gasteiger partial charge in [0.05, 0.1) is 5.69 Å². The van der Waals surface area contributed by atoms with Crippen LogP contribution in [-0.4, -0.2) is 17.1 Å². The number of nitrogens with one attached hydrogen (secondary N) is 3. The molecule has 0 spiro atoms. The quantitative estimate of drug-likeness (QED) is 0.0727. The van der Waals surface area contributed by atoms with Crippen molar-refractivity contribution in [3.05, 3.63) is 305 Å². The van der Waals surface area contributed by atoms with Gasteiger partial charge in [-0.1, -0.05) is 249 Å². The molecule has 350 valence electrons. The Balaban J connectivity index is 1.10. The van der Waals surface area contributed by atoms with Gasteiger partial charge in [0.15, 0.2) is 5.82 Å². The Labute approximate surface area is 419 Å². The Morgan fingerprint density at radius 3 is 1.20 bits per heavy atom. The summed E-state index contributed by atoms with van der Waals surface area (Å²) in [5, 5.41) is 12.4. The first-order valence-corrected chi connectivity index (χ1v) is 25.3. The Morgan fingerprint density at radius 1 is 0.451 bits per heavy atom. The second-order valence-corrected chi connectivity index (χ2v) is 19.6. The zero-order valence-electron chi connectivity index (χ0n) is 40.2. The van der Waals surface area contributed by atoms with E-state index in [2.05, 4.69) is 271 Å². The number of nitrogens with zero attached hydrogens (tertiary/aromatic N) is 1. The Kier molecular flexibility index (Phi) is 12.7. The van der Waals surface area contributed by atoms with E-state index in [0.717, 1.165) is 69.3 Å². The van der Waals surface area contributed by atoms with Gasteiger partial charge in [-0.2, -0.15) is 0 Å². The van der Waals surface area contributed by atoms with Gasteiger partial charge < -0.3 is 21.7 Å². The SMILES string of the molecule is Nc1c(/C(=C\CNC23CCC(c4ccccc4)(CC2)CC3)c2ccccc2)cc(NC(c2ccccc2)(c2ccccc2)c2ccccc2)nc1NC(c1ccccc1)(c1ccccc1)c1ccccc1. The van der Waals surface area contributed by atoms with Crippen molar-refractivity contribution >= 4 is 22.9 Å². The van der Waals surface area contributed by atoms with Gasteiger partial charge in [-0.05, 0) is 100 Å². The van der Waals surface area contributed by atoms with Crippen molar-refractivity contribution in [3.63, 3.8) is 0 Å². The molecule has 8 aromatic carbocycles. The fourth-order valence-corrected chi connectivity index (χ4v) is 11.9. The van der Waals surface area contributed by atoms with Gasteiger partial charge in [-0.15, -0.1) is 0 Å². The molecule has 71 heavy (non-hydrogen) atoms. The van der Waals surface area contributed by atoms with Crippen LogP contribution in [-0.2, 0) is 16.5 Å². The molecule has 2 bridgehead atoms. The van der Waals surface area contributed by atoms with Crippen molar-refractivity contribution in [2.45, 2.75) is 60.6 Å². The summed E-state index contributed by atoms with van der Waals surface area (Å²) in [6.07, 6.45) is 9.48. The maximum Gasteiger partial charge on any atom is 0.153 e. The zero-order chi connectivity index (χ0) is 48.0. The fourth-order valence-electron chi connectivity index (χ4n) is 11.9. The molecule has 12 rings (SSSR count). The first-order valence-electron chi connectivity index (χ1n) is 25.3. The van der Waals surface area contributed by atoms with Crippen molar-refractivity contribution in [3.8, 4) is 0 Å². The van der Waals surface area contributed by atoms with Crippen molar-refractivity contribution in [1.29, 1.82) is 0 Å². The molecule has 5 heteroatoms. The highest BCUT2D eigenvalue weighted by Gasteiger charge is 2.49. The number of nitrogen functional groups attached to an aromatic ring is 1. The summed E-state index contributed by atoms with van der Waals surface area (Å²) in [6, 6.07) is 88.3. The number of anilines is 3. The van der Waals surface area contributed by atoms with Crippen LogP contribution in [0.1, 0.15) is 88.6 Å². The van der Waals surface area contributed by atoms with Crippen LogP contribution in [0.25, 0.3) is 5.57 Å². The van der Waals surface area contributed by atoms with Crippen LogP contribution in [0.4, 0.5) is 17.3 Å². The second-order valence-electron chi connectivity index (χ2n) is 19.6. The number of pyridine rings is 1. The maximum absolute atomic E-state index is 7.76. The van der Waals surface area contributed by atoms with Crippen LogP contribution in [0.2, 0.25) is 0 Å². The number of aromatic nitrogens is 1. The molecule has 3 aliphatic carbocycles. The summed E-state index contributed by atoms with van der Waals surface area (Å²) in [5.41, 5.74) is 17.9. The summed E-state index contributed by atoms with van der Waals surface area (Å²) in [5.74, 6) is 1.23. The topological polar surface area (TPSA) is 75.0 Å². The smallest absolute Gasteiger partial charge is 0.153 e. The molecular formula is C66H61N5. The lowest BCUT2D eigenvalue weighted by Gasteiger charge is -2.54. The Hall–Kier alpha value is -7.99. The van der Waals surface area contributed by atoms with Crippen LogP contribution < -0.4 is 21.7 Å². The van der Waals surface area contributed by atoms with Gasteiger partial charge >= 0.3 is 0 Å². The monoisotopic (exact) mass is 923 g/mol. The van der Waals surface area contributed by atoms with E-state index in [4.69, 9.17) is 10.7 Å². The van der Waals surface area contributed by atoms with Gasteiger partial charge in [-0.25, -0.2) is 4.98 Å². The van der Waals surface area contributed by atoms with Crippen LogP contribution in [0, 0.1) is 0 Å². The normalized spacial score (nSPS) is 17.9. The number of hydrogen-bond donors (Lipinski definition) is 4. The number of hydrogen-bond acceptors (Lipinski definition) is 5. The summed E-state index contributed by atoms with van der Waals surface area (Å²) >= 11 is 0. The largest absolute Gasteiger partial charge is 0.395 e. The molecule has 0 atom stereocenters. The van der Waals surface area contributed by atoms with Crippen molar-refractivity contribution in [1.82, 2.24) is 10.3 Å².